The molecule has 1 aromatic rings. The van der Waals surface area contributed by atoms with Gasteiger partial charge in [-0.05, 0) is 88.3 Å². The van der Waals surface area contributed by atoms with Gasteiger partial charge < -0.3 is 35.3 Å². The number of rotatable bonds is 10. The lowest BCUT2D eigenvalue weighted by Gasteiger charge is -2.37. The molecule has 2 fully saturated rings. The van der Waals surface area contributed by atoms with Crippen LogP contribution in [0.2, 0.25) is 0 Å². The monoisotopic (exact) mass is 609 g/mol. The molecule has 3 atom stereocenters. The first kappa shape index (κ1) is 34.7. The van der Waals surface area contributed by atoms with Crippen molar-refractivity contribution in [2.75, 3.05) is 26.2 Å². The van der Waals surface area contributed by atoms with Gasteiger partial charge in [-0.2, -0.15) is 5.26 Å². The average molecular weight is 610 g/mol. The number of nitriles is 1. The molecule has 2 aliphatic heterocycles. The Hall–Kier alpha value is -3.81. The van der Waals surface area contributed by atoms with Gasteiger partial charge in [0, 0.05) is 26.1 Å². The summed E-state index contributed by atoms with van der Waals surface area (Å²) in [5.41, 5.74) is 0.143. The average Bonchev–Trinajstić information content (AvgIpc) is 3.45. The van der Waals surface area contributed by atoms with Crippen molar-refractivity contribution in [3.05, 3.63) is 35.2 Å². The Kier molecular flexibility index (Phi) is 12.4. The van der Waals surface area contributed by atoms with Crippen molar-refractivity contribution < 1.29 is 23.9 Å². The molecule has 2 aliphatic rings. The minimum atomic E-state index is -0.858. The number of nitrogens with one attached hydrogen (secondary N) is 2. The molecule has 2 saturated heterocycles. The molecule has 0 spiro atoms. The maximum Gasteiger partial charge on any atom is 0.408 e. The van der Waals surface area contributed by atoms with E-state index in [1.165, 1.54) is 0 Å². The zero-order valence-corrected chi connectivity index (χ0v) is 27.1. The van der Waals surface area contributed by atoms with Crippen molar-refractivity contribution in [3.8, 4) is 11.8 Å². The van der Waals surface area contributed by atoms with E-state index < -0.39 is 23.8 Å². The van der Waals surface area contributed by atoms with Crippen molar-refractivity contribution in [2.45, 2.75) is 97.8 Å². The summed E-state index contributed by atoms with van der Waals surface area (Å²) in [6, 6.07) is 8.11. The molecule has 242 valence electrons. The number of likely N-dealkylation sites (tertiary alicyclic amines) is 2. The number of alkyl carbamates (subject to hydrolysis) is 1. The summed E-state index contributed by atoms with van der Waals surface area (Å²) in [4.78, 5) is 41.6. The molecule has 0 aromatic heterocycles. The second-order valence-corrected chi connectivity index (χ2v) is 13.3. The summed E-state index contributed by atoms with van der Waals surface area (Å²) in [7, 11) is 0. The quantitative estimate of drug-likeness (QED) is 0.279. The van der Waals surface area contributed by atoms with Crippen LogP contribution in [-0.2, 0) is 16.0 Å². The molecular weight excluding hydrogens is 560 g/mol. The second-order valence-electron chi connectivity index (χ2n) is 13.3. The minimum Gasteiger partial charge on any atom is -0.494 e. The third-order valence-electron chi connectivity index (χ3n) is 8.29. The fourth-order valence-corrected chi connectivity index (χ4v) is 5.58. The van der Waals surface area contributed by atoms with Crippen LogP contribution in [-0.4, -0.2) is 77.6 Å². The summed E-state index contributed by atoms with van der Waals surface area (Å²) in [5, 5.41) is 24.6. The number of carbonyl (C=O) groups excluding carboxylic acids is 3. The summed E-state index contributed by atoms with van der Waals surface area (Å²) < 4.78 is 11.4. The standard InChI is InChI=1S/C33H49N6O5/c1-22(2)29(35)37-31(41)38-17-13-25(14-18-38)23(3)15-19-43-27-11-9-24(10-12-27)20-28(36-32(42)44-33(4,5)6)30(40)39-16-7-8-26(39)21-34/h9-12,22-23,25-26,28H,7-8,13-20H2,1-6H3,(H2-,35,36,37,41,42)/q-1/t23-,26+,28+/m1/s1. The largest absolute Gasteiger partial charge is 0.494 e. The maximum absolute atomic E-state index is 13.4. The Bertz CT molecular complexity index is 1180. The van der Waals surface area contributed by atoms with Gasteiger partial charge in [-0.25, -0.2) is 4.79 Å². The van der Waals surface area contributed by atoms with Crippen LogP contribution in [0.15, 0.2) is 24.3 Å². The van der Waals surface area contributed by atoms with Crippen molar-refractivity contribution in [1.82, 2.24) is 20.4 Å². The number of benzene rings is 1. The van der Waals surface area contributed by atoms with Crippen LogP contribution in [0.1, 0.15) is 79.2 Å². The summed E-state index contributed by atoms with van der Waals surface area (Å²) in [6.07, 6.45) is 3.68. The SMILES string of the molecule is CC(C)C(=[N-])NC(=O)N1CCC([C@H](C)CCOc2ccc(C[C@H](NC(=O)OC(C)(C)C)C(=O)N3CCC[C@H]3C#N)cc2)CC1. The van der Waals surface area contributed by atoms with Crippen LogP contribution in [0, 0.1) is 29.1 Å². The maximum atomic E-state index is 13.4. The third-order valence-corrected chi connectivity index (χ3v) is 8.29. The van der Waals surface area contributed by atoms with Crippen molar-refractivity contribution in [2.24, 2.45) is 17.8 Å². The van der Waals surface area contributed by atoms with Gasteiger partial charge in [0.25, 0.3) is 0 Å². The number of ether oxygens (including phenoxy) is 2. The predicted molar refractivity (Wildman–Crippen MR) is 169 cm³/mol. The molecule has 0 radical (unpaired) electrons. The summed E-state index contributed by atoms with van der Waals surface area (Å²) in [5.74, 6) is 1.25. The Morgan fingerprint density at radius 2 is 1.73 bits per heavy atom. The van der Waals surface area contributed by atoms with Crippen molar-refractivity contribution in [1.29, 1.82) is 5.26 Å². The highest BCUT2D eigenvalue weighted by molar-refractivity contribution is 6.00. The van der Waals surface area contributed by atoms with Gasteiger partial charge in [0.15, 0.2) is 0 Å². The van der Waals surface area contributed by atoms with E-state index in [1.807, 2.05) is 38.1 Å². The van der Waals surface area contributed by atoms with Gasteiger partial charge in [0.1, 0.15) is 23.4 Å². The lowest BCUT2D eigenvalue weighted by Crippen LogP contribution is -2.51. The first-order valence-electron chi connectivity index (χ1n) is 15.8. The highest BCUT2D eigenvalue weighted by Gasteiger charge is 2.35. The zero-order chi connectivity index (χ0) is 32.4. The lowest BCUT2D eigenvalue weighted by atomic mass is 9.84. The summed E-state index contributed by atoms with van der Waals surface area (Å²) >= 11 is 0. The number of amides is 4. The number of hydrogen-bond acceptors (Lipinski definition) is 6. The van der Waals surface area contributed by atoms with Gasteiger partial charge in [0.05, 0.1) is 12.7 Å². The topological polar surface area (TPSA) is 146 Å². The van der Waals surface area contributed by atoms with E-state index in [0.717, 1.165) is 37.0 Å². The van der Waals surface area contributed by atoms with Gasteiger partial charge in [0.2, 0.25) is 11.9 Å². The zero-order valence-electron chi connectivity index (χ0n) is 27.1. The molecule has 1 aromatic carbocycles. The van der Waals surface area contributed by atoms with Gasteiger partial charge >= 0.3 is 6.09 Å². The first-order chi connectivity index (χ1) is 20.8. The number of nitrogens with zero attached hydrogens (tertiary/aromatic N) is 4. The van der Waals surface area contributed by atoms with E-state index >= 15 is 0 Å². The molecular formula is C33H49N6O5-. The van der Waals surface area contributed by atoms with E-state index in [4.69, 9.17) is 9.47 Å². The highest BCUT2D eigenvalue weighted by atomic mass is 16.6. The van der Waals surface area contributed by atoms with Gasteiger partial charge in [-0.1, -0.05) is 38.7 Å². The van der Waals surface area contributed by atoms with E-state index in [9.17, 15) is 25.1 Å². The Morgan fingerprint density at radius 1 is 1.07 bits per heavy atom. The van der Waals surface area contributed by atoms with Crippen LogP contribution < -0.4 is 15.4 Å². The molecule has 2 heterocycles. The van der Waals surface area contributed by atoms with Crippen molar-refractivity contribution in [3.63, 3.8) is 0 Å². The Labute approximate surface area is 262 Å². The molecule has 0 bridgehead atoms. The smallest absolute Gasteiger partial charge is 0.408 e. The molecule has 11 heteroatoms. The van der Waals surface area contributed by atoms with Gasteiger partial charge in [-0.3, -0.25) is 9.59 Å². The number of hydrogen-bond donors (Lipinski definition) is 2. The fourth-order valence-electron chi connectivity index (χ4n) is 5.58. The van der Waals surface area contributed by atoms with Crippen LogP contribution in [0.25, 0.3) is 5.41 Å². The molecule has 0 saturated carbocycles. The van der Waals surface area contributed by atoms with E-state index in [0.29, 0.717) is 44.5 Å². The molecule has 4 amide bonds. The van der Waals surface area contributed by atoms with Crippen LogP contribution in [0.3, 0.4) is 0 Å². The highest BCUT2D eigenvalue weighted by Crippen LogP contribution is 2.28. The Morgan fingerprint density at radius 3 is 2.32 bits per heavy atom. The number of amidine groups is 1. The molecule has 0 aliphatic carbocycles. The van der Waals surface area contributed by atoms with E-state index in [-0.39, 0.29) is 30.1 Å². The number of piperidine rings is 1. The van der Waals surface area contributed by atoms with Crippen LogP contribution in [0.5, 0.6) is 5.75 Å². The molecule has 0 unspecified atom stereocenters. The number of carbonyl (C=O) groups is 3. The second kappa shape index (κ2) is 15.8. The normalized spacial score (nSPS) is 18.7. The number of urea groups is 1. The molecule has 11 nitrogen and oxygen atoms in total. The fraction of sp³-hybridized carbons (Fsp3) is 0.667. The van der Waals surface area contributed by atoms with E-state index in [1.54, 1.807) is 30.6 Å². The molecule has 44 heavy (non-hydrogen) atoms. The molecule has 3 rings (SSSR count). The first-order valence-corrected chi connectivity index (χ1v) is 15.8. The molecule has 2 N–H and O–H groups in total. The van der Waals surface area contributed by atoms with E-state index in [2.05, 4.69) is 23.6 Å². The summed E-state index contributed by atoms with van der Waals surface area (Å²) in [6.45, 7) is 13.5. The lowest BCUT2D eigenvalue weighted by molar-refractivity contribution is -0.133. The van der Waals surface area contributed by atoms with Gasteiger partial charge in [-0.15, -0.1) is 0 Å². The minimum absolute atomic E-state index is 0.00253. The van der Waals surface area contributed by atoms with Crippen LogP contribution in [0.4, 0.5) is 9.59 Å². The van der Waals surface area contributed by atoms with Crippen molar-refractivity contribution >= 4 is 23.9 Å². The Balaban J connectivity index is 1.49. The predicted octanol–water partition coefficient (Wildman–Crippen LogP) is 5.09. The third kappa shape index (κ3) is 10.4. The van der Waals surface area contributed by atoms with Crippen LogP contribution >= 0.6 is 0 Å².